The van der Waals surface area contributed by atoms with Crippen molar-refractivity contribution >= 4 is 0 Å². The van der Waals surface area contributed by atoms with Gasteiger partial charge < -0.3 is 4.74 Å². The van der Waals surface area contributed by atoms with Crippen molar-refractivity contribution in [3.05, 3.63) is 58.3 Å². The first-order valence-corrected chi connectivity index (χ1v) is 6.17. The summed E-state index contributed by atoms with van der Waals surface area (Å²) in [5.74, 6) is 0.417. The first kappa shape index (κ1) is 13.1. The monoisotopic (exact) mass is 252 g/mol. The number of nitriles is 1. The molecule has 3 nitrogen and oxygen atoms in total. The molecule has 0 spiro atoms. The number of aryl methyl sites for hydroxylation is 3. The molecular weight excluding hydrogens is 236 g/mol. The molecule has 0 radical (unpaired) electrons. The molecule has 0 aliphatic heterocycles. The van der Waals surface area contributed by atoms with Gasteiger partial charge in [-0.15, -0.1) is 0 Å². The Kier molecular flexibility index (Phi) is 3.82. The summed E-state index contributed by atoms with van der Waals surface area (Å²) in [6.07, 6.45) is 0. The van der Waals surface area contributed by atoms with Gasteiger partial charge in [-0.05, 0) is 38.0 Å². The van der Waals surface area contributed by atoms with Crippen molar-refractivity contribution in [3.8, 4) is 11.9 Å². The van der Waals surface area contributed by atoms with Crippen molar-refractivity contribution in [2.75, 3.05) is 0 Å². The maximum absolute atomic E-state index is 9.15. The Morgan fingerprint density at radius 3 is 2.47 bits per heavy atom. The van der Waals surface area contributed by atoms with Gasteiger partial charge in [0, 0.05) is 5.69 Å². The first-order valence-electron chi connectivity index (χ1n) is 6.17. The molecule has 0 N–H and O–H groups in total. The van der Waals surface area contributed by atoms with E-state index in [9.17, 15) is 0 Å². The van der Waals surface area contributed by atoms with Crippen molar-refractivity contribution in [3.63, 3.8) is 0 Å². The second-order valence-corrected chi connectivity index (χ2v) is 4.65. The van der Waals surface area contributed by atoms with Crippen LogP contribution >= 0.6 is 0 Å². The van der Waals surface area contributed by atoms with Crippen LogP contribution in [-0.2, 0) is 6.61 Å². The quantitative estimate of drug-likeness (QED) is 0.840. The lowest BCUT2D eigenvalue weighted by Crippen LogP contribution is -2.02. The fourth-order valence-corrected chi connectivity index (χ4v) is 1.88. The van der Waals surface area contributed by atoms with Gasteiger partial charge in [0.15, 0.2) is 0 Å². The minimum absolute atomic E-state index is 0.417. The Labute approximate surface area is 113 Å². The summed E-state index contributed by atoms with van der Waals surface area (Å²) in [6.45, 7) is 6.26. The lowest BCUT2D eigenvalue weighted by molar-refractivity contribution is 0.292. The summed E-state index contributed by atoms with van der Waals surface area (Å²) < 4.78 is 5.68. The second kappa shape index (κ2) is 5.53. The van der Waals surface area contributed by atoms with Gasteiger partial charge in [0.05, 0.1) is 0 Å². The van der Waals surface area contributed by atoms with Crippen molar-refractivity contribution in [2.24, 2.45) is 0 Å². The van der Waals surface area contributed by atoms with Crippen LogP contribution in [0.3, 0.4) is 0 Å². The fraction of sp³-hybridized carbons (Fsp3) is 0.250. The molecule has 2 aromatic rings. The Balaban J connectivity index is 2.20. The van der Waals surface area contributed by atoms with Crippen LogP contribution in [0.4, 0.5) is 0 Å². The molecule has 1 aromatic heterocycles. The number of benzene rings is 1. The molecular formula is C16H16N2O. The van der Waals surface area contributed by atoms with E-state index in [-0.39, 0.29) is 0 Å². The van der Waals surface area contributed by atoms with Crippen molar-refractivity contribution in [1.82, 2.24) is 4.98 Å². The van der Waals surface area contributed by atoms with Crippen LogP contribution in [0.2, 0.25) is 0 Å². The average molecular weight is 252 g/mol. The molecule has 0 aliphatic rings. The number of aromatic nitrogens is 1. The van der Waals surface area contributed by atoms with Crippen molar-refractivity contribution in [1.29, 1.82) is 5.26 Å². The Hall–Kier alpha value is -2.34. The number of rotatable bonds is 3. The molecule has 2 rings (SSSR count). The van der Waals surface area contributed by atoms with Gasteiger partial charge >= 0.3 is 0 Å². The SMILES string of the molecule is Cc1ccc(COc2nc(C)cc(C)c2C#N)cc1. The molecule has 3 heteroatoms. The molecule has 0 saturated heterocycles. The zero-order valence-electron chi connectivity index (χ0n) is 11.4. The van der Waals surface area contributed by atoms with Gasteiger partial charge in [0.25, 0.3) is 0 Å². The van der Waals surface area contributed by atoms with Gasteiger partial charge in [0.1, 0.15) is 18.2 Å². The van der Waals surface area contributed by atoms with E-state index in [0.29, 0.717) is 18.1 Å². The van der Waals surface area contributed by atoms with E-state index in [1.54, 1.807) is 0 Å². The average Bonchev–Trinajstić information content (AvgIpc) is 2.37. The van der Waals surface area contributed by atoms with E-state index in [1.807, 2.05) is 51.1 Å². The predicted molar refractivity (Wildman–Crippen MR) is 73.9 cm³/mol. The zero-order valence-corrected chi connectivity index (χ0v) is 11.4. The van der Waals surface area contributed by atoms with E-state index >= 15 is 0 Å². The van der Waals surface area contributed by atoms with Gasteiger partial charge in [-0.1, -0.05) is 29.8 Å². The highest BCUT2D eigenvalue weighted by Gasteiger charge is 2.09. The molecule has 0 saturated carbocycles. The lowest BCUT2D eigenvalue weighted by atomic mass is 10.1. The van der Waals surface area contributed by atoms with E-state index in [1.165, 1.54) is 5.56 Å². The minimum atomic E-state index is 0.417. The molecule has 0 unspecified atom stereocenters. The van der Waals surface area contributed by atoms with Crippen LogP contribution in [0.1, 0.15) is 27.9 Å². The highest BCUT2D eigenvalue weighted by Crippen LogP contribution is 2.20. The summed E-state index contributed by atoms with van der Waals surface area (Å²) in [6, 6.07) is 12.2. The summed E-state index contributed by atoms with van der Waals surface area (Å²) in [5, 5.41) is 9.15. The maximum Gasteiger partial charge on any atom is 0.232 e. The van der Waals surface area contributed by atoms with Gasteiger partial charge in [0.2, 0.25) is 5.88 Å². The van der Waals surface area contributed by atoms with Crippen LogP contribution < -0.4 is 4.74 Å². The number of nitrogens with zero attached hydrogens (tertiary/aromatic N) is 2. The van der Waals surface area contributed by atoms with Crippen molar-refractivity contribution < 1.29 is 4.74 Å². The molecule has 0 aliphatic carbocycles. The third-order valence-electron chi connectivity index (χ3n) is 2.92. The zero-order chi connectivity index (χ0) is 13.8. The summed E-state index contributed by atoms with van der Waals surface area (Å²) in [5.41, 5.74) is 4.54. The highest BCUT2D eigenvalue weighted by molar-refractivity contribution is 5.45. The van der Waals surface area contributed by atoms with Gasteiger partial charge in [-0.3, -0.25) is 0 Å². The number of pyridine rings is 1. The Morgan fingerprint density at radius 2 is 1.84 bits per heavy atom. The molecule has 0 bridgehead atoms. The van der Waals surface area contributed by atoms with Gasteiger partial charge in [-0.25, -0.2) is 4.98 Å². The molecule has 19 heavy (non-hydrogen) atoms. The highest BCUT2D eigenvalue weighted by atomic mass is 16.5. The van der Waals surface area contributed by atoms with Crippen LogP contribution in [-0.4, -0.2) is 4.98 Å². The third-order valence-corrected chi connectivity index (χ3v) is 2.92. The lowest BCUT2D eigenvalue weighted by Gasteiger charge is -2.09. The predicted octanol–water partition coefficient (Wildman–Crippen LogP) is 3.46. The van der Waals surface area contributed by atoms with Gasteiger partial charge in [-0.2, -0.15) is 5.26 Å². The minimum Gasteiger partial charge on any atom is -0.472 e. The van der Waals surface area contributed by atoms with Crippen LogP contribution in [0.15, 0.2) is 30.3 Å². The van der Waals surface area contributed by atoms with E-state index < -0.39 is 0 Å². The number of hydrogen-bond donors (Lipinski definition) is 0. The van der Waals surface area contributed by atoms with Crippen LogP contribution in [0.5, 0.6) is 5.88 Å². The molecule has 0 atom stereocenters. The fourth-order valence-electron chi connectivity index (χ4n) is 1.88. The van der Waals surface area contributed by atoms with E-state index in [2.05, 4.69) is 11.1 Å². The maximum atomic E-state index is 9.15. The normalized spacial score (nSPS) is 10.0. The third kappa shape index (κ3) is 3.11. The van der Waals surface area contributed by atoms with E-state index in [0.717, 1.165) is 16.8 Å². The largest absolute Gasteiger partial charge is 0.472 e. The van der Waals surface area contributed by atoms with Crippen molar-refractivity contribution in [2.45, 2.75) is 27.4 Å². The second-order valence-electron chi connectivity index (χ2n) is 4.65. The smallest absolute Gasteiger partial charge is 0.232 e. The Morgan fingerprint density at radius 1 is 1.16 bits per heavy atom. The summed E-state index contributed by atoms with van der Waals surface area (Å²) in [4.78, 5) is 4.29. The first-order chi connectivity index (χ1) is 9.10. The molecule has 0 fully saturated rings. The molecule has 96 valence electrons. The van der Waals surface area contributed by atoms with Crippen LogP contribution in [0.25, 0.3) is 0 Å². The molecule has 1 aromatic carbocycles. The van der Waals surface area contributed by atoms with E-state index in [4.69, 9.17) is 10.00 Å². The number of hydrogen-bond acceptors (Lipinski definition) is 3. The molecule has 1 heterocycles. The van der Waals surface area contributed by atoms with Crippen LogP contribution in [0, 0.1) is 32.1 Å². The Bertz CT molecular complexity index is 624. The topological polar surface area (TPSA) is 45.9 Å². The molecule has 0 amide bonds. The summed E-state index contributed by atoms with van der Waals surface area (Å²) in [7, 11) is 0. The standard InChI is InChI=1S/C16H16N2O/c1-11-4-6-14(7-5-11)10-19-16-15(9-17)12(2)8-13(3)18-16/h4-8H,10H2,1-3H3. The summed E-state index contributed by atoms with van der Waals surface area (Å²) >= 11 is 0. The number of ether oxygens (including phenoxy) is 1.